The van der Waals surface area contributed by atoms with Gasteiger partial charge in [0.25, 0.3) is 0 Å². The number of nitrogens with one attached hydrogen (secondary N) is 2. The number of hydrogen-bond donors (Lipinski definition) is 2. The minimum absolute atomic E-state index is 0.0886. The Morgan fingerprint density at radius 3 is 2.52 bits per heavy atom. The maximum Gasteiger partial charge on any atom is 0.319 e. The Balaban J connectivity index is 1.42. The molecule has 2 aliphatic rings. The molecule has 2 amide bonds. The van der Waals surface area contributed by atoms with Crippen LogP contribution in [0.3, 0.4) is 0 Å². The number of amides is 2. The van der Waals surface area contributed by atoms with Gasteiger partial charge in [-0.3, -0.25) is 0 Å². The molecule has 3 rings (SSSR count). The summed E-state index contributed by atoms with van der Waals surface area (Å²) in [6.45, 7) is 7.22. The highest BCUT2D eigenvalue weighted by molar-refractivity contribution is 5.89. The lowest BCUT2D eigenvalue weighted by Gasteiger charge is -2.23. The average Bonchev–Trinajstić information content (AvgIpc) is 3.15. The lowest BCUT2D eigenvalue weighted by molar-refractivity contribution is 0.234. The van der Waals surface area contributed by atoms with Gasteiger partial charge in [0.1, 0.15) is 0 Å². The molecule has 1 unspecified atom stereocenters. The first-order chi connectivity index (χ1) is 11.1. The van der Waals surface area contributed by atoms with Crippen LogP contribution in [0.1, 0.15) is 43.2 Å². The number of nitrogens with zero attached hydrogens (tertiary/aromatic N) is 1. The largest absolute Gasteiger partial charge is 0.338 e. The Morgan fingerprint density at radius 1 is 1.13 bits per heavy atom. The Bertz CT molecular complexity index is 531. The van der Waals surface area contributed by atoms with E-state index in [9.17, 15) is 4.79 Å². The van der Waals surface area contributed by atoms with Crippen molar-refractivity contribution in [1.82, 2.24) is 10.2 Å². The van der Waals surface area contributed by atoms with Crippen LogP contribution in [0.5, 0.6) is 0 Å². The molecule has 2 N–H and O–H groups in total. The smallest absolute Gasteiger partial charge is 0.319 e. The van der Waals surface area contributed by atoms with Crippen LogP contribution in [-0.2, 0) is 0 Å². The molecule has 1 atom stereocenters. The molecule has 2 fully saturated rings. The summed E-state index contributed by atoms with van der Waals surface area (Å²) in [5, 5.41) is 6.00. The quantitative estimate of drug-likeness (QED) is 0.890. The number of carbonyl (C=O) groups is 1. The van der Waals surface area contributed by atoms with E-state index >= 15 is 0 Å². The first kappa shape index (κ1) is 16.3. The van der Waals surface area contributed by atoms with Crippen LogP contribution in [0.15, 0.2) is 18.2 Å². The second-order valence-electron chi connectivity index (χ2n) is 7.30. The fraction of sp³-hybridized carbons (Fsp3) is 0.632. The zero-order valence-corrected chi connectivity index (χ0v) is 14.4. The van der Waals surface area contributed by atoms with Crippen LogP contribution >= 0.6 is 0 Å². The molecule has 4 nitrogen and oxygen atoms in total. The Morgan fingerprint density at radius 2 is 1.83 bits per heavy atom. The van der Waals surface area contributed by atoms with Crippen molar-refractivity contribution < 1.29 is 4.79 Å². The molecule has 0 spiro atoms. The lowest BCUT2D eigenvalue weighted by atomic mass is 10.1. The third kappa shape index (κ3) is 4.47. The van der Waals surface area contributed by atoms with Crippen molar-refractivity contribution >= 4 is 11.7 Å². The Kier molecular flexibility index (Phi) is 5.21. The fourth-order valence-corrected chi connectivity index (χ4v) is 4.09. The summed E-state index contributed by atoms with van der Waals surface area (Å²) in [6, 6.07) is 6.84. The molecule has 0 bridgehead atoms. The van der Waals surface area contributed by atoms with E-state index in [1.807, 2.05) is 26.0 Å². The summed E-state index contributed by atoms with van der Waals surface area (Å²) < 4.78 is 0. The van der Waals surface area contributed by atoms with Gasteiger partial charge in [0, 0.05) is 24.8 Å². The van der Waals surface area contributed by atoms with Crippen molar-refractivity contribution in [3.63, 3.8) is 0 Å². The molecule has 4 heteroatoms. The van der Waals surface area contributed by atoms with Gasteiger partial charge in [0.2, 0.25) is 0 Å². The Hall–Kier alpha value is -1.55. The van der Waals surface area contributed by atoms with Crippen LogP contribution in [0.4, 0.5) is 10.5 Å². The maximum atomic E-state index is 12.1. The van der Waals surface area contributed by atoms with Crippen molar-refractivity contribution in [2.45, 2.75) is 52.0 Å². The number of anilines is 1. The number of likely N-dealkylation sites (tertiary alicyclic amines) is 1. The molecule has 126 valence electrons. The van der Waals surface area contributed by atoms with E-state index in [2.05, 4.69) is 21.6 Å². The van der Waals surface area contributed by atoms with Crippen molar-refractivity contribution in [1.29, 1.82) is 0 Å². The standard InChI is InChI=1S/C19H29N3O/c1-14-9-15(2)11-17(10-14)21-19(23)20-12-16-7-8-22(13-16)18-5-3-4-6-18/h9-11,16,18H,3-8,12-13H2,1-2H3,(H2,20,21,23). The molecule has 0 aromatic heterocycles. The SMILES string of the molecule is Cc1cc(C)cc(NC(=O)NCC2CCN(C3CCCC3)C2)c1. The number of rotatable bonds is 4. The normalized spacial score (nSPS) is 22.4. The monoisotopic (exact) mass is 315 g/mol. The predicted octanol–water partition coefficient (Wildman–Crippen LogP) is 3.69. The van der Waals surface area contributed by atoms with Crippen LogP contribution in [0, 0.1) is 19.8 Å². The summed E-state index contributed by atoms with van der Waals surface area (Å²) >= 11 is 0. The van der Waals surface area contributed by atoms with Gasteiger partial charge in [0.15, 0.2) is 0 Å². The van der Waals surface area contributed by atoms with Gasteiger partial charge in [0.05, 0.1) is 0 Å². The van der Waals surface area contributed by atoms with E-state index in [0.29, 0.717) is 5.92 Å². The van der Waals surface area contributed by atoms with Gasteiger partial charge < -0.3 is 15.5 Å². The molecular weight excluding hydrogens is 286 g/mol. The predicted molar refractivity (Wildman–Crippen MR) is 94.9 cm³/mol. The molecule has 1 aliphatic carbocycles. The topological polar surface area (TPSA) is 44.4 Å². The summed E-state index contributed by atoms with van der Waals surface area (Å²) in [5.41, 5.74) is 3.21. The third-order valence-electron chi connectivity index (χ3n) is 5.19. The second kappa shape index (κ2) is 7.35. The summed E-state index contributed by atoms with van der Waals surface area (Å²) in [7, 11) is 0. The molecule has 1 aromatic carbocycles. The average molecular weight is 315 g/mol. The molecule has 1 saturated carbocycles. The highest BCUT2D eigenvalue weighted by atomic mass is 16.2. The maximum absolute atomic E-state index is 12.1. The van der Waals surface area contributed by atoms with Gasteiger partial charge >= 0.3 is 6.03 Å². The van der Waals surface area contributed by atoms with E-state index in [0.717, 1.165) is 24.8 Å². The van der Waals surface area contributed by atoms with Crippen molar-refractivity contribution in [2.24, 2.45) is 5.92 Å². The summed E-state index contributed by atoms with van der Waals surface area (Å²) in [4.78, 5) is 14.7. The number of carbonyl (C=O) groups excluding carboxylic acids is 1. The Labute approximate surface area is 139 Å². The summed E-state index contributed by atoms with van der Waals surface area (Å²) in [5.74, 6) is 0.598. The molecule has 1 aromatic rings. The first-order valence-corrected chi connectivity index (χ1v) is 8.97. The molecule has 1 aliphatic heterocycles. The fourth-order valence-electron chi connectivity index (χ4n) is 4.09. The number of benzene rings is 1. The number of aryl methyl sites for hydroxylation is 2. The van der Waals surface area contributed by atoms with Gasteiger partial charge in [-0.1, -0.05) is 18.9 Å². The van der Waals surface area contributed by atoms with E-state index in [1.54, 1.807) is 0 Å². The summed E-state index contributed by atoms with van der Waals surface area (Å²) in [6.07, 6.45) is 6.73. The number of hydrogen-bond acceptors (Lipinski definition) is 2. The molecule has 1 heterocycles. The van der Waals surface area contributed by atoms with E-state index in [4.69, 9.17) is 0 Å². The zero-order valence-electron chi connectivity index (χ0n) is 14.4. The van der Waals surface area contributed by atoms with Gasteiger partial charge in [-0.2, -0.15) is 0 Å². The van der Waals surface area contributed by atoms with E-state index in [1.165, 1.54) is 49.8 Å². The van der Waals surface area contributed by atoms with Crippen LogP contribution in [-0.4, -0.2) is 36.6 Å². The minimum atomic E-state index is -0.0886. The highest BCUT2D eigenvalue weighted by Crippen LogP contribution is 2.28. The van der Waals surface area contributed by atoms with Crippen molar-refractivity contribution in [2.75, 3.05) is 25.0 Å². The highest BCUT2D eigenvalue weighted by Gasteiger charge is 2.29. The second-order valence-corrected chi connectivity index (χ2v) is 7.30. The first-order valence-electron chi connectivity index (χ1n) is 8.97. The lowest BCUT2D eigenvalue weighted by Crippen LogP contribution is -2.35. The van der Waals surface area contributed by atoms with E-state index < -0.39 is 0 Å². The van der Waals surface area contributed by atoms with Crippen molar-refractivity contribution in [3.05, 3.63) is 29.3 Å². The van der Waals surface area contributed by atoms with Gasteiger partial charge in [-0.15, -0.1) is 0 Å². The van der Waals surface area contributed by atoms with E-state index in [-0.39, 0.29) is 6.03 Å². The number of urea groups is 1. The van der Waals surface area contributed by atoms with Crippen LogP contribution < -0.4 is 10.6 Å². The molecule has 1 saturated heterocycles. The molecular formula is C19H29N3O. The molecule has 23 heavy (non-hydrogen) atoms. The van der Waals surface area contributed by atoms with Crippen molar-refractivity contribution in [3.8, 4) is 0 Å². The van der Waals surface area contributed by atoms with Gasteiger partial charge in [-0.05, 0) is 68.8 Å². The van der Waals surface area contributed by atoms with Gasteiger partial charge in [-0.25, -0.2) is 4.79 Å². The zero-order chi connectivity index (χ0) is 16.2. The third-order valence-corrected chi connectivity index (χ3v) is 5.19. The van der Waals surface area contributed by atoms with Crippen LogP contribution in [0.25, 0.3) is 0 Å². The van der Waals surface area contributed by atoms with Crippen LogP contribution in [0.2, 0.25) is 0 Å². The minimum Gasteiger partial charge on any atom is -0.338 e. The molecule has 0 radical (unpaired) electrons.